The Bertz CT molecular complexity index is 382. The topological polar surface area (TPSA) is 35.2 Å². The second-order valence-corrected chi connectivity index (χ2v) is 6.24. The maximum atomic E-state index is 13.4. The summed E-state index contributed by atoms with van der Waals surface area (Å²) in [5, 5.41) is 0.496. The highest BCUT2D eigenvalue weighted by Crippen LogP contribution is 2.34. The fraction of sp³-hybridized carbons (Fsp3) is 0.455. The van der Waals surface area contributed by atoms with E-state index in [9.17, 15) is 4.39 Å². The Morgan fingerprint density at radius 1 is 1.38 bits per heavy atom. The molecule has 1 aliphatic heterocycles. The average Bonchev–Trinajstić information content (AvgIpc) is 2.27. The van der Waals surface area contributed by atoms with Crippen molar-refractivity contribution in [1.29, 1.82) is 0 Å². The number of benzene rings is 1. The normalized spacial score (nSPS) is 17.6. The van der Waals surface area contributed by atoms with Crippen molar-refractivity contribution >= 4 is 40.0 Å². The molecule has 0 spiro atoms. The summed E-state index contributed by atoms with van der Waals surface area (Å²) in [6.07, 6.45) is 2.02. The molecule has 0 aromatic heterocycles. The molecule has 0 radical (unpaired) electrons. The van der Waals surface area contributed by atoms with Crippen LogP contribution in [0.2, 0.25) is 0 Å². The quantitative estimate of drug-likeness (QED) is 0.655. The van der Waals surface area contributed by atoms with Gasteiger partial charge in [-0.3, -0.25) is 0 Å². The predicted molar refractivity (Wildman–Crippen MR) is 73.2 cm³/mol. The highest BCUT2D eigenvalue weighted by Gasteiger charge is 2.17. The van der Waals surface area contributed by atoms with Gasteiger partial charge in [0, 0.05) is 29.0 Å². The molecule has 1 fully saturated rings. The molecule has 1 heterocycles. The largest absolute Gasteiger partial charge is 0.398 e. The number of nitrogens with two attached hydrogens (primary N) is 1. The van der Waals surface area contributed by atoms with E-state index in [4.69, 9.17) is 10.5 Å². The van der Waals surface area contributed by atoms with Gasteiger partial charge >= 0.3 is 0 Å². The maximum Gasteiger partial charge on any atom is 0.137 e. The van der Waals surface area contributed by atoms with Crippen LogP contribution in [-0.2, 0) is 4.74 Å². The third kappa shape index (κ3) is 3.01. The maximum absolute atomic E-state index is 13.4. The molecule has 2 nitrogen and oxygen atoms in total. The molecule has 2 rings (SSSR count). The van der Waals surface area contributed by atoms with Crippen LogP contribution < -0.4 is 5.73 Å². The van der Waals surface area contributed by atoms with E-state index in [-0.39, 0.29) is 5.82 Å². The SMILES string of the molecule is Nc1cc(I)c(F)cc1SC1CCOCC1. The van der Waals surface area contributed by atoms with Gasteiger partial charge in [-0.15, -0.1) is 11.8 Å². The number of hydrogen-bond donors (Lipinski definition) is 1. The summed E-state index contributed by atoms with van der Waals surface area (Å²) in [5.74, 6) is -0.190. The Hall–Kier alpha value is -0.0100. The smallest absolute Gasteiger partial charge is 0.137 e. The first kappa shape index (κ1) is 12.4. The molecule has 1 saturated heterocycles. The van der Waals surface area contributed by atoms with Crippen molar-refractivity contribution in [2.75, 3.05) is 18.9 Å². The lowest BCUT2D eigenvalue weighted by Crippen LogP contribution is -2.17. The van der Waals surface area contributed by atoms with Crippen molar-refractivity contribution in [3.8, 4) is 0 Å². The van der Waals surface area contributed by atoms with E-state index in [1.54, 1.807) is 17.8 Å². The Balaban J connectivity index is 2.11. The molecule has 0 aliphatic carbocycles. The van der Waals surface area contributed by atoms with Gasteiger partial charge in [0.2, 0.25) is 0 Å². The molecule has 1 aromatic carbocycles. The van der Waals surface area contributed by atoms with Gasteiger partial charge in [-0.05, 0) is 47.6 Å². The van der Waals surface area contributed by atoms with Crippen LogP contribution in [0.5, 0.6) is 0 Å². The number of halogens is 2. The van der Waals surface area contributed by atoms with E-state index >= 15 is 0 Å². The second kappa shape index (κ2) is 5.55. The van der Waals surface area contributed by atoms with Crippen LogP contribution in [-0.4, -0.2) is 18.5 Å². The monoisotopic (exact) mass is 353 g/mol. The molecule has 1 aromatic rings. The molecule has 0 amide bonds. The molecule has 0 saturated carbocycles. The van der Waals surface area contributed by atoms with Crippen LogP contribution in [0.1, 0.15) is 12.8 Å². The summed E-state index contributed by atoms with van der Waals surface area (Å²) in [6.45, 7) is 1.59. The van der Waals surface area contributed by atoms with Crippen LogP contribution >= 0.6 is 34.4 Å². The predicted octanol–water partition coefficient (Wildman–Crippen LogP) is 3.28. The zero-order chi connectivity index (χ0) is 11.5. The zero-order valence-corrected chi connectivity index (χ0v) is 11.7. The zero-order valence-electron chi connectivity index (χ0n) is 8.71. The number of rotatable bonds is 2. The Labute approximate surface area is 112 Å². The molecule has 16 heavy (non-hydrogen) atoms. The Morgan fingerprint density at radius 2 is 2.06 bits per heavy atom. The molecular formula is C11H13FINOS. The van der Waals surface area contributed by atoms with Crippen LogP contribution in [0.25, 0.3) is 0 Å². The average molecular weight is 353 g/mol. The lowest BCUT2D eigenvalue weighted by molar-refractivity contribution is 0.100. The fourth-order valence-electron chi connectivity index (χ4n) is 1.62. The van der Waals surface area contributed by atoms with Crippen LogP contribution in [0.3, 0.4) is 0 Å². The first-order chi connectivity index (χ1) is 7.66. The molecule has 0 unspecified atom stereocenters. The first-order valence-corrected chi connectivity index (χ1v) is 7.11. The summed E-state index contributed by atoms with van der Waals surface area (Å²) < 4.78 is 19.3. The molecule has 2 N–H and O–H groups in total. The van der Waals surface area contributed by atoms with E-state index in [1.807, 2.05) is 22.6 Å². The number of thioether (sulfide) groups is 1. The summed E-state index contributed by atoms with van der Waals surface area (Å²) in [4.78, 5) is 0.852. The minimum Gasteiger partial charge on any atom is -0.398 e. The van der Waals surface area contributed by atoms with Crippen molar-refractivity contribution in [2.24, 2.45) is 0 Å². The Morgan fingerprint density at radius 3 is 2.75 bits per heavy atom. The lowest BCUT2D eigenvalue weighted by atomic mass is 10.2. The highest BCUT2D eigenvalue weighted by molar-refractivity contribution is 14.1. The first-order valence-electron chi connectivity index (χ1n) is 5.16. The van der Waals surface area contributed by atoms with Crippen molar-refractivity contribution in [3.05, 3.63) is 21.5 Å². The number of nitrogen functional groups attached to an aromatic ring is 1. The number of anilines is 1. The van der Waals surface area contributed by atoms with E-state index in [1.165, 1.54) is 6.07 Å². The molecule has 0 atom stereocenters. The lowest BCUT2D eigenvalue weighted by Gasteiger charge is -2.22. The van der Waals surface area contributed by atoms with Crippen LogP contribution in [0, 0.1) is 9.39 Å². The molecule has 1 aliphatic rings. The van der Waals surface area contributed by atoms with Crippen molar-refractivity contribution in [2.45, 2.75) is 23.0 Å². The summed E-state index contributed by atoms with van der Waals surface area (Å²) in [6, 6.07) is 3.23. The minimum absolute atomic E-state index is 0.190. The van der Waals surface area contributed by atoms with Crippen molar-refractivity contribution < 1.29 is 9.13 Å². The van der Waals surface area contributed by atoms with Gasteiger partial charge in [0.25, 0.3) is 0 Å². The Kier molecular flexibility index (Phi) is 4.32. The minimum atomic E-state index is -0.190. The molecule has 5 heteroatoms. The summed E-state index contributed by atoms with van der Waals surface area (Å²) in [7, 11) is 0. The molecular weight excluding hydrogens is 340 g/mol. The molecule has 88 valence electrons. The van der Waals surface area contributed by atoms with E-state index in [2.05, 4.69) is 0 Å². The van der Waals surface area contributed by atoms with Crippen molar-refractivity contribution in [1.82, 2.24) is 0 Å². The van der Waals surface area contributed by atoms with Gasteiger partial charge in [-0.1, -0.05) is 0 Å². The van der Waals surface area contributed by atoms with Gasteiger partial charge in [-0.25, -0.2) is 4.39 Å². The van der Waals surface area contributed by atoms with Crippen LogP contribution in [0.15, 0.2) is 17.0 Å². The number of hydrogen-bond acceptors (Lipinski definition) is 3. The van der Waals surface area contributed by atoms with Gasteiger partial charge < -0.3 is 10.5 Å². The highest BCUT2D eigenvalue weighted by atomic mass is 127. The van der Waals surface area contributed by atoms with Gasteiger partial charge in [0.1, 0.15) is 5.82 Å². The summed E-state index contributed by atoms with van der Waals surface area (Å²) in [5.41, 5.74) is 6.55. The van der Waals surface area contributed by atoms with Gasteiger partial charge in [-0.2, -0.15) is 0 Å². The van der Waals surface area contributed by atoms with Crippen LogP contribution in [0.4, 0.5) is 10.1 Å². The van der Waals surface area contributed by atoms with E-state index < -0.39 is 0 Å². The van der Waals surface area contributed by atoms with E-state index in [0.717, 1.165) is 31.0 Å². The molecule has 0 bridgehead atoms. The van der Waals surface area contributed by atoms with Crippen molar-refractivity contribution in [3.63, 3.8) is 0 Å². The third-order valence-corrected chi connectivity index (χ3v) is 4.75. The second-order valence-electron chi connectivity index (χ2n) is 3.73. The number of ether oxygens (including phenoxy) is 1. The van der Waals surface area contributed by atoms with Gasteiger partial charge in [0.05, 0.1) is 3.57 Å². The fourth-order valence-corrected chi connectivity index (χ4v) is 3.26. The van der Waals surface area contributed by atoms with E-state index in [0.29, 0.717) is 14.5 Å². The third-order valence-electron chi connectivity index (χ3n) is 2.51. The summed E-state index contributed by atoms with van der Waals surface area (Å²) >= 11 is 3.62. The van der Waals surface area contributed by atoms with Gasteiger partial charge in [0.15, 0.2) is 0 Å². The standard InChI is InChI=1S/C11H13FINOS/c12-8-5-11(10(14)6-9(8)13)16-7-1-3-15-4-2-7/h5-7H,1-4,14H2.